The number of fused-ring (bicyclic) bond motifs is 3. The smallest absolute Gasteiger partial charge is 0.314 e. The third-order valence-electron chi connectivity index (χ3n) is 13.3. The maximum Gasteiger partial charge on any atom is 0.314 e. The molecule has 1 spiro atoms. The number of aliphatic hydroxyl groups is 9. The van der Waals surface area contributed by atoms with E-state index in [1.807, 2.05) is 6.92 Å². The number of ether oxygens (including phenoxy) is 4. The highest BCUT2D eigenvalue weighted by atomic mass is 16.7. The van der Waals surface area contributed by atoms with E-state index >= 15 is 0 Å². The average molecular weight is 661 g/mol. The van der Waals surface area contributed by atoms with Gasteiger partial charge < -0.3 is 64.9 Å². The molecule has 2 heterocycles. The maximum absolute atomic E-state index is 14.0. The van der Waals surface area contributed by atoms with E-state index in [0.29, 0.717) is 44.9 Å². The largest absolute Gasteiger partial charge is 0.432 e. The number of carbonyl (C=O) groups is 1. The van der Waals surface area contributed by atoms with Crippen molar-refractivity contribution in [3.8, 4) is 0 Å². The molecular formula is C32H52O14. The summed E-state index contributed by atoms with van der Waals surface area (Å²) in [6.45, 7) is 4.59. The van der Waals surface area contributed by atoms with Crippen LogP contribution in [0, 0.1) is 28.1 Å². The molecule has 2 saturated heterocycles. The monoisotopic (exact) mass is 660 g/mol. The molecule has 6 aliphatic rings. The Balaban J connectivity index is 1.23. The van der Waals surface area contributed by atoms with Crippen LogP contribution < -0.4 is 0 Å². The van der Waals surface area contributed by atoms with Gasteiger partial charge in [-0.1, -0.05) is 13.3 Å². The Morgan fingerprint density at radius 2 is 1.28 bits per heavy atom. The van der Waals surface area contributed by atoms with Crippen molar-refractivity contribution < 1.29 is 69.7 Å². The summed E-state index contributed by atoms with van der Waals surface area (Å²) in [7, 11) is 0. The van der Waals surface area contributed by atoms with Crippen molar-refractivity contribution >= 4 is 5.97 Å². The van der Waals surface area contributed by atoms with E-state index in [-0.39, 0.29) is 22.7 Å². The Morgan fingerprint density at radius 3 is 1.89 bits per heavy atom. The molecule has 14 heteroatoms. The average Bonchev–Trinajstić information content (AvgIpc) is 3.16. The first-order chi connectivity index (χ1) is 21.5. The van der Waals surface area contributed by atoms with Crippen LogP contribution in [0.1, 0.15) is 78.6 Å². The molecule has 17 unspecified atom stereocenters. The molecule has 0 amide bonds. The van der Waals surface area contributed by atoms with Gasteiger partial charge in [0.2, 0.25) is 6.29 Å². The van der Waals surface area contributed by atoms with Gasteiger partial charge in [-0.2, -0.15) is 0 Å². The molecule has 9 N–H and O–H groups in total. The van der Waals surface area contributed by atoms with E-state index in [9.17, 15) is 50.8 Å². The van der Waals surface area contributed by atoms with Crippen molar-refractivity contribution in [1.29, 1.82) is 0 Å². The Bertz CT molecular complexity index is 1150. The second kappa shape index (κ2) is 11.8. The second-order valence-corrected chi connectivity index (χ2v) is 15.9. The Kier molecular flexibility index (Phi) is 8.94. The fourth-order valence-electron chi connectivity index (χ4n) is 11.0. The van der Waals surface area contributed by atoms with Gasteiger partial charge in [0.25, 0.3) is 0 Å². The van der Waals surface area contributed by atoms with Crippen LogP contribution in [-0.2, 0) is 23.7 Å². The Labute approximate surface area is 268 Å². The molecule has 0 radical (unpaired) electrons. The van der Waals surface area contributed by atoms with Crippen molar-refractivity contribution in [2.45, 2.75) is 151 Å². The Hall–Kier alpha value is -1.01. The highest BCUT2D eigenvalue weighted by molar-refractivity contribution is 5.77. The Morgan fingerprint density at radius 1 is 0.717 bits per heavy atom. The van der Waals surface area contributed by atoms with Gasteiger partial charge in [-0.3, -0.25) is 4.79 Å². The SMILES string of the molecule is CC1(C(=O)OC2OC(CO)C(O)C(O)C2O)CCCC2(C)C3CCC4(OC5OC(CO)C(O)C(O)C5O)CC3(CCC12)CC4(C)O. The summed E-state index contributed by atoms with van der Waals surface area (Å²) >= 11 is 0. The van der Waals surface area contributed by atoms with Crippen LogP contribution in [0.25, 0.3) is 0 Å². The van der Waals surface area contributed by atoms with Gasteiger partial charge in [0, 0.05) is 0 Å². The molecule has 0 aromatic rings. The van der Waals surface area contributed by atoms with E-state index in [0.717, 1.165) is 12.8 Å². The van der Waals surface area contributed by atoms with Crippen molar-refractivity contribution in [1.82, 2.24) is 0 Å². The van der Waals surface area contributed by atoms with Crippen molar-refractivity contribution in [2.75, 3.05) is 13.2 Å². The molecule has 6 rings (SSSR count). The predicted molar refractivity (Wildman–Crippen MR) is 155 cm³/mol. The minimum Gasteiger partial charge on any atom is -0.432 e. The van der Waals surface area contributed by atoms with Crippen LogP contribution in [0.3, 0.4) is 0 Å². The van der Waals surface area contributed by atoms with Gasteiger partial charge in [0.05, 0.1) is 24.2 Å². The lowest BCUT2D eigenvalue weighted by Crippen LogP contribution is -2.64. The quantitative estimate of drug-likeness (QED) is 0.116. The fourth-order valence-corrected chi connectivity index (χ4v) is 11.0. The molecule has 2 aliphatic heterocycles. The van der Waals surface area contributed by atoms with Gasteiger partial charge in [-0.25, -0.2) is 0 Å². The van der Waals surface area contributed by atoms with Gasteiger partial charge in [0.15, 0.2) is 6.29 Å². The molecule has 2 bridgehead atoms. The zero-order valence-corrected chi connectivity index (χ0v) is 26.8. The third kappa shape index (κ3) is 5.01. The number of hydrogen-bond acceptors (Lipinski definition) is 14. The molecule has 17 atom stereocenters. The molecule has 264 valence electrons. The number of aliphatic hydroxyl groups excluding tert-OH is 8. The van der Waals surface area contributed by atoms with Crippen LogP contribution in [0.2, 0.25) is 0 Å². The number of carbonyl (C=O) groups excluding carboxylic acids is 1. The summed E-state index contributed by atoms with van der Waals surface area (Å²) in [4.78, 5) is 14.0. The van der Waals surface area contributed by atoms with Gasteiger partial charge in [-0.05, 0) is 87.9 Å². The highest BCUT2D eigenvalue weighted by Crippen LogP contribution is 2.74. The van der Waals surface area contributed by atoms with Crippen LogP contribution >= 0.6 is 0 Å². The summed E-state index contributed by atoms with van der Waals surface area (Å²) in [6.07, 6.45) is -9.39. The lowest BCUT2D eigenvalue weighted by molar-refractivity contribution is -0.346. The van der Waals surface area contributed by atoms with Crippen LogP contribution in [0.15, 0.2) is 0 Å². The molecule has 0 aromatic carbocycles. The maximum atomic E-state index is 14.0. The van der Waals surface area contributed by atoms with E-state index < -0.39 is 97.2 Å². The van der Waals surface area contributed by atoms with E-state index in [2.05, 4.69) is 6.92 Å². The van der Waals surface area contributed by atoms with Crippen molar-refractivity contribution in [3.63, 3.8) is 0 Å². The summed E-state index contributed by atoms with van der Waals surface area (Å²) in [5.41, 5.74) is -4.05. The molecule has 0 aromatic heterocycles. The van der Waals surface area contributed by atoms with E-state index in [1.54, 1.807) is 6.92 Å². The normalized spacial score (nSPS) is 57.0. The van der Waals surface area contributed by atoms with Crippen LogP contribution in [0.5, 0.6) is 0 Å². The lowest BCUT2D eigenvalue weighted by atomic mass is 9.41. The first-order valence-corrected chi connectivity index (χ1v) is 16.7. The molecule has 46 heavy (non-hydrogen) atoms. The molecule has 4 saturated carbocycles. The zero-order chi connectivity index (χ0) is 33.6. The number of esters is 1. The van der Waals surface area contributed by atoms with E-state index in [1.165, 1.54) is 0 Å². The van der Waals surface area contributed by atoms with Crippen LogP contribution in [-0.4, -0.2) is 138 Å². The summed E-state index contributed by atoms with van der Waals surface area (Å²) in [5.74, 6) is -0.566. The van der Waals surface area contributed by atoms with Gasteiger partial charge in [-0.15, -0.1) is 0 Å². The third-order valence-corrected chi connectivity index (χ3v) is 13.3. The first kappa shape index (κ1) is 34.8. The number of hydrogen-bond donors (Lipinski definition) is 9. The predicted octanol–water partition coefficient (Wildman–Crippen LogP) is -1.57. The minimum absolute atomic E-state index is 0.105. The van der Waals surface area contributed by atoms with E-state index in [4.69, 9.17) is 18.9 Å². The van der Waals surface area contributed by atoms with Gasteiger partial charge in [0.1, 0.15) is 54.4 Å². The summed E-state index contributed by atoms with van der Waals surface area (Å²) in [6, 6.07) is 0. The summed E-state index contributed by atoms with van der Waals surface area (Å²) in [5, 5.41) is 93.5. The summed E-state index contributed by atoms with van der Waals surface area (Å²) < 4.78 is 23.3. The molecular weight excluding hydrogens is 608 g/mol. The topological polar surface area (TPSA) is 236 Å². The molecule has 6 fully saturated rings. The standard InChI is InChI=1S/C32H52O14/c1-28-7-4-8-29(2,27(41)45-25-23(39)21(37)19(35)15(11-33)43-25)17(28)5-9-31-13-30(3,42)32(14-31,10-6-18(28)31)46-26-24(40)22(38)20(36)16(12-34)44-26/h15-26,33-40,42H,4-14H2,1-3H3. The highest BCUT2D eigenvalue weighted by Gasteiger charge is 2.73. The second-order valence-electron chi connectivity index (χ2n) is 15.9. The molecule has 14 nitrogen and oxygen atoms in total. The zero-order valence-electron chi connectivity index (χ0n) is 26.8. The first-order valence-electron chi connectivity index (χ1n) is 16.7. The fraction of sp³-hybridized carbons (Fsp3) is 0.969. The number of rotatable bonds is 6. The lowest BCUT2D eigenvalue weighted by Gasteiger charge is -2.64. The molecule has 4 aliphatic carbocycles. The van der Waals surface area contributed by atoms with Crippen molar-refractivity contribution in [2.24, 2.45) is 28.1 Å². The van der Waals surface area contributed by atoms with Crippen LogP contribution in [0.4, 0.5) is 0 Å². The van der Waals surface area contributed by atoms with Gasteiger partial charge >= 0.3 is 5.97 Å². The minimum atomic E-state index is -1.69. The van der Waals surface area contributed by atoms with Crippen molar-refractivity contribution in [3.05, 3.63) is 0 Å².